The van der Waals surface area contributed by atoms with Crippen molar-refractivity contribution in [2.75, 3.05) is 7.11 Å². The van der Waals surface area contributed by atoms with Crippen molar-refractivity contribution in [1.82, 2.24) is 9.88 Å². The summed E-state index contributed by atoms with van der Waals surface area (Å²) in [7, 11) is 1.15. The number of aromatic nitrogens is 1. The van der Waals surface area contributed by atoms with Gasteiger partial charge in [-0.25, -0.2) is 4.79 Å². The van der Waals surface area contributed by atoms with E-state index in [0.29, 0.717) is 10.6 Å². The average Bonchev–Trinajstić information content (AvgIpc) is 2.47. The number of amides is 1. The highest BCUT2D eigenvalue weighted by molar-refractivity contribution is 5.87. The van der Waals surface area contributed by atoms with E-state index in [9.17, 15) is 27.6 Å². The summed E-state index contributed by atoms with van der Waals surface area (Å²) in [5.41, 5.74) is -4.01. The number of halogens is 3. The summed E-state index contributed by atoms with van der Waals surface area (Å²) in [6.45, 7) is 2.41. The Morgan fingerprint density at radius 2 is 1.96 bits per heavy atom. The van der Waals surface area contributed by atoms with Gasteiger partial charge in [0.1, 0.15) is 17.6 Å². The van der Waals surface area contributed by atoms with Gasteiger partial charge in [0.25, 0.3) is 5.56 Å². The van der Waals surface area contributed by atoms with Gasteiger partial charge in [0, 0.05) is 6.20 Å². The first-order valence-corrected chi connectivity index (χ1v) is 6.71. The number of carbonyl (C=O) groups excluding carboxylic acids is 2. The molecule has 23 heavy (non-hydrogen) atoms. The quantitative estimate of drug-likeness (QED) is 0.824. The molecule has 1 atom stereocenters. The van der Waals surface area contributed by atoms with Gasteiger partial charge in [-0.2, -0.15) is 13.2 Å². The minimum atomic E-state index is -4.81. The number of esters is 1. The fraction of sp³-hybridized carbons (Fsp3) is 0.500. The van der Waals surface area contributed by atoms with E-state index in [-0.39, 0.29) is 6.42 Å². The van der Waals surface area contributed by atoms with Crippen LogP contribution in [0.2, 0.25) is 0 Å². The van der Waals surface area contributed by atoms with Crippen molar-refractivity contribution in [2.24, 2.45) is 0 Å². The van der Waals surface area contributed by atoms with E-state index in [1.54, 1.807) is 6.92 Å². The molecule has 128 valence electrons. The number of ether oxygens (including phenoxy) is 1. The summed E-state index contributed by atoms with van der Waals surface area (Å²) in [4.78, 5) is 35.4. The molecule has 0 radical (unpaired) electrons. The second-order valence-corrected chi connectivity index (χ2v) is 5.08. The van der Waals surface area contributed by atoms with E-state index in [0.717, 1.165) is 19.4 Å². The molecule has 1 aromatic rings. The monoisotopic (exact) mass is 334 g/mol. The Hall–Kier alpha value is -2.32. The number of hydrogen-bond donors (Lipinski definition) is 1. The summed E-state index contributed by atoms with van der Waals surface area (Å²) in [5.74, 6) is -1.47. The van der Waals surface area contributed by atoms with E-state index < -0.39 is 41.3 Å². The third-order valence-corrected chi connectivity index (χ3v) is 3.40. The zero-order valence-corrected chi connectivity index (χ0v) is 12.9. The van der Waals surface area contributed by atoms with Crippen molar-refractivity contribution >= 4 is 11.9 Å². The molecule has 0 saturated carbocycles. The van der Waals surface area contributed by atoms with Crippen LogP contribution in [-0.2, 0) is 27.0 Å². The standard InChI is InChI=1S/C14H17F3N2O4/c1-4-13(2,12(22)23-3)18-10(20)8-19-7-5-6-9(11(19)21)14(15,16)17/h5-7H,4,8H2,1-3H3,(H,18,20)/t13-/m0/s1. The lowest BCUT2D eigenvalue weighted by molar-refractivity contribution is -0.150. The predicted molar refractivity (Wildman–Crippen MR) is 74.6 cm³/mol. The second-order valence-electron chi connectivity index (χ2n) is 5.08. The molecule has 0 aromatic carbocycles. The van der Waals surface area contributed by atoms with Crippen molar-refractivity contribution in [3.8, 4) is 0 Å². The van der Waals surface area contributed by atoms with E-state index in [1.165, 1.54) is 6.92 Å². The maximum absolute atomic E-state index is 12.7. The number of nitrogens with one attached hydrogen (secondary N) is 1. The second kappa shape index (κ2) is 6.84. The molecule has 0 aliphatic heterocycles. The fourth-order valence-corrected chi connectivity index (χ4v) is 1.89. The lowest BCUT2D eigenvalue weighted by atomic mass is 9.99. The molecule has 1 amide bonds. The Morgan fingerprint density at radius 3 is 2.43 bits per heavy atom. The van der Waals surface area contributed by atoms with Gasteiger partial charge in [0.15, 0.2) is 0 Å². The largest absolute Gasteiger partial charge is 0.467 e. The van der Waals surface area contributed by atoms with Crippen LogP contribution in [0.15, 0.2) is 23.1 Å². The first-order valence-electron chi connectivity index (χ1n) is 6.71. The first kappa shape index (κ1) is 18.7. The highest BCUT2D eigenvalue weighted by atomic mass is 19.4. The smallest absolute Gasteiger partial charge is 0.421 e. The third kappa shape index (κ3) is 4.33. The molecule has 0 saturated heterocycles. The van der Waals surface area contributed by atoms with Crippen molar-refractivity contribution in [2.45, 2.75) is 38.5 Å². The number of hydrogen-bond acceptors (Lipinski definition) is 4. The summed E-state index contributed by atoms with van der Waals surface area (Å²) in [6, 6.07) is 1.66. The maximum Gasteiger partial charge on any atom is 0.421 e. The molecule has 6 nitrogen and oxygen atoms in total. The number of carbonyl (C=O) groups is 2. The minimum Gasteiger partial charge on any atom is -0.467 e. The van der Waals surface area contributed by atoms with Crippen molar-refractivity contribution < 1.29 is 27.5 Å². The fourth-order valence-electron chi connectivity index (χ4n) is 1.89. The van der Waals surface area contributed by atoms with E-state index in [2.05, 4.69) is 10.1 Å². The van der Waals surface area contributed by atoms with E-state index in [1.807, 2.05) is 0 Å². The van der Waals surface area contributed by atoms with Crippen LogP contribution in [-0.4, -0.2) is 29.1 Å². The maximum atomic E-state index is 12.7. The number of rotatable bonds is 5. The van der Waals surface area contributed by atoms with E-state index in [4.69, 9.17) is 0 Å². The molecule has 1 N–H and O–H groups in total. The Bertz CT molecular complexity index is 654. The molecule has 0 fully saturated rings. The Balaban J connectivity index is 2.99. The van der Waals surface area contributed by atoms with Crippen LogP contribution in [0.25, 0.3) is 0 Å². The van der Waals surface area contributed by atoms with Crippen LogP contribution < -0.4 is 10.9 Å². The molecule has 1 aromatic heterocycles. The summed E-state index contributed by atoms with van der Waals surface area (Å²) >= 11 is 0. The molecule has 1 heterocycles. The Morgan fingerprint density at radius 1 is 1.35 bits per heavy atom. The van der Waals surface area contributed by atoms with Gasteiger partial charge in [-0.1, -0.05) is 6.92 Å². The minimum absolute atomic E-state index is 0.211. The zero-order valence-electron chi connectivity index (χ0n) is 12.9. The van der Waals surface area contributed by atoms with Gasteiger partial charge in [0.05, 0.1) is 7.11 Å². The molecule has 9 heteroatoms. The van der Waals surface area contributed by atoms with Gasteiger partial charge in [0.2, 0.25) is 5.91 Å². The van der Waals surface area contributed by atoms with Crippen molar-refractivity contribution in [1.29, 1.82) is 0 Å². The number of nitrogens with zero attached hydrogens (tertiary/aromatic N) is 1. The van der Waals surface area contributed by atoms with Gasteiger partial charge in [-0.3, -0.25) is 9.59 Å². The SMILES string of the molecule is CC[C@](C)(NC(=O)Cn1cccc(C(F)(F)F)c1=O)C(=O)OC. The highest BCUT2D eigenvalue weighted by Gasteiger charge is 2.36. The molecule has 0 aliphatic carbocycles. The van der Waals surface area contributed by atoms with Crippen LogP contribution in [0, 0.1) is 0 Å². The summed E-state index contributed by atoms with van der Waals surface area (Å²) < 4.78 is 43.2. The lowest BCUT2D eigenvalue weighted by Crippen LogP contribution is -2.53. The van der Waals surface area contributed by atoms with Crippen LogP contribution in [0.3, 0.4) is 0 Å². The third-order valence-electron chi connectivity index (χ3n) is 3.40. The Labute approximate surface area is 130 Å². The van der Waals surface area contributed by atoms with Crippen LogP contribution in [0.1, 0.15) is 25.8 Å². The molecule has 0 aliphatic rings. The van der Waals surface area contributed by atoms with Gasteiger partial charge in [-0.15, -0.1) is 0 Å². The summed E-state index contributed by atoms with van der Waals surface area (Å²) in [6.07, 6.45) is -3.53. The van der Waals surface area contributed by atoms with Crippen molar-refractivity contribution in [3.63, 3.8) is 0 Å². The van der Waals surface area contributed by atoms with Crippen LogP contribution in [0.5, 0.6) is 0 Å². The highest BCUT2D eigenvalue weighted by Crippen LogP contribution is 2.25. The molecule has 0 unspecified atom stereocenters. The molecule has 1 rings (SSSR count). The molecule has 0 bridgehead atoms. The number of pyridine rings is 1. The molecule has 0 spiro atoms. The van der Waals surface area contributed by atoms with Gasteiger partial charge >= 0.3 is 12.1 Å². The summed E-state index contributed by atoms with van der Waals surface area (Å²) in [5, 5.41) is 2.37. The molecular formula is C14H17F3N2O4. The number of methoxy groups -OCH3 is 1. The molecular weight excluding hydrogens is 317 g/mol. The van der Waals surface area contributed by atoms with Gasteiger partial charge in [-0.05, 0) is 25.5 Å². The van der Waals surface area contributed by atoms with E-state index >= 15 is 0 Å². The lowest BCUT2D eigenvalue weighted by Gasteiger charge is -2.26. The topological polar surface area (TPSA) is 77.4 Å². The van der Waals surface area contributed by atoms with Crippen LogP contribution >= 0.6 is 0 Å². The number of alkyl halides is 3. The normalized spacial score (nSPS) is 14.0. The van der Waals surface area contributed by atoms with Crippen LogP contribution in [0.4, 0.5) is 13.2 Å². The van der Waals surface area contributed by atoms with Crippen molar-refractivity contribution in [3.05, 3.63) is 34.2 Å². The van der Waals surface area contributed by atoms with Gasteiger partial charge < -0.3 is 14.6 Å². The Kier molecular flexibility index (Phi) is 5.57. The predicted octanol–water partition coefficient (Wildman–Crippen LogP) is 1.32. The first-order chi connectivity index (χ1) is 10.5. The zero-order chi connectivity index (χ0) is 17.8. The average molecular weight is 334 g/mol.